The number of benzene rings is 2. The Morgan fingerprint density at radius 1 is 1.30 bits per heavy atom. The minimum Gasteiger partial charge on any atom is -0.507 e. The minimum atomic E-state index is 0.150. The highest BCUT2D eigenvalue weighted by molar-refractivity contribution is 9.10. The number of hydrogen-bond donors (Lipinski definition) is 2. The van der Waals surface area contributed by atoms with E-state index in [1.807, 2.05) is 24.3 Å². The second-order valence-electron chi connectivity index (χ2n) is 6.63. The summed E-state index contributed by atoms with van der Waals surface area (Å²) < 4.78 is 0.926. The van der Waals surface area contributed by atoms with Gasteiger partial charge < -0.3 is 15.0 Å². The van der Waals surface area contributed by atoms with Crippen molar-refractivity contribution < 1.29 is 5.11 Å². The van der Waals surface area contributed by atoms with Crippen molar-refractivity contribution in [1.82, 2.24) is 14.9 Å². The zero-order chi connectivity index (χ0) is 18.5. The Hall–Kier alpha value is -2.93. The molecule has 0 radical (unpaired) electrons. The Bertz CT molecular complexity index is 1170. The van der Waals surface area contributed by atoms with Crippen LogP contribution in [0.5, 0.6) is 0 Å². The summed E-state index contributed by atoms with van der Waals surface area (Å²) in [6, 6.07) is 9.77. The number of nitrogens with one attached hydrogen (secondary N) is 1. The van der Waals surface area contributed by atoms with E-state index >= 15 is 0 Å². The highest BCUT2D eigenvalue weighted by Gasteiger charge is 2.30. The molecule has 2 aromatic carbocycles. The molecule has 7 heteroatoms. The fraction of sp³-hybridized carbons (Fsp3) is 0.150. The van der Waals surface area contributed by atoms with Crippen LogP contribution in [0.1, 0.15) is 16.7 Å². The van der Waals surface area contributed by atoms with E-state index in [9.17, 15) is 5.11 Å². The Morgan fingerprint density at radius 3 is 3.07 bits per heavy atom. The number of H-pyrrole nitrogens is 1. The lowest BCUT2D eigenvalue weighted by atomic mass is 10.1. The summed E-state index contributed by atoms with van der Waals surface area (Å²) in [5.41, 5.74) is 5.46. The number of aromatic amines is 1. The van der Waals surface area contributed by atoms with Crippen molar-refractivity contribution in [3.63, 3.8) is 0 Å². The van der Waals surface area contributed by atoms with Crippen LogP contribution in [0.25, 0.3) is 16.8 Å². The number of aliphatic hydroxyl groups excluding tert-OH is 1. The smallest absolute Gasteiger partial charge is 0.138 e. The van der Waals surface area contributed by atoms with Gasteiger partial charge in [0.15, 0.2) is 0 Å². The van der Waals surface area contributed by atoms with Crippen LogP contribution in [0.4, 0.5) is 5.69 Å². The third-order valence-corrected chi connectivity index (χ3v) is 5.38. The number of imidazole rings is 1. The van der Waals surface area contributed by atoms with E-state index in [4.69, 9.17) is 4.99 Å². The molecule has 0 aliphatic carbocycles. The van der Waals surface area contributed by atoms with Crippen molar-refractivity contribution in [1.29, 1.82) is 0 Å². The topological polar surface area (TPSA) is 76.9 Å². The number of fused-ring (bicyclic) bond motifs is 4. The van der Waals surface area contributed by atoms with E-state index in [2.05, 4.69) is 48.8 Å². The zero-order valence-electron chi connectivity index (χ0n) is 14.6. The number of nitrogens with zero attached hydrogens (tertiary/aromatic N) is 4. The van der Waals surface area contributed by atoms with Crippen LogP contribution >= 0.6 is 15.9 Å². The molecule has 2 aliphatic rings. The number of hydrogen-bond acceptors (Lipinski definition) is 5. The van der Waals surface area contributed by atoms with Gasteiger partial charge in [-0.05, 0) is 58.7 Å². The molecule has 3 heterocycles. The van der Waals surface area contributed by atoms with Crippen molar-refractivity contribution >= 4 is 50.1 Å². The number of halogens is 1. The Morgan fingerprint density at radius 2 is 2.19 bits per heavy atom. The SMILES string of the molecule is Cc1cc(Br)c2c(c1)C1=NCCN1C(/C=C(\O)c1ccc3[nH]cnc3c1)=N2. The molecule has 0 fully saturated rings. The predicted molar refractivity (Wildman–Crippen MR) is 111 cm³/mol. The number of aliphatic imine (C=N–C) groups is 2. The van der Waals surface area contributed by atoms with Gasteiger partial charge in [-0.1, -0.05) is 0 Å². The maximum atomic E-state index is 10.7. The fourth-order valence-electron chi connectivity index (χ4n) is 3.50. The molecular formula is C20H16BrN5O. The number of aliphatic hydroxyl groups is 1. The summed E-state index contributed by atoms with van der Waals surface area (Å²) in [5, 5.41) is 10.7. The molecule has 5 rings (SSSR count). The molecule has 0 atom stereocenters. The standard InChI is InChI=1S/C20H16BrN5O/c1-11-6-13-19(14(21)7-11)25-18(26-5-4-22-20(13)26)9-17(27)12-2-3-15-16(8-12)24-10-23-15/h2-3,6-10,27H,4-5H2,1H3,(H,23,24)/b17-9-. The predicted octanol–water partition coefficient (Wildman–Crippen LogP) is 4.34. The van der Waals surface area contributed by atoms with Crippen LogP contribution in [0.2, 0.25) is 0 Å². The Labute approximate surface area is 164 Å². The van der Waals surface area contributed by atoms with Gasteiger partial charge in [0.1, 0.15) is 17.4 Å². The molecule has 2 N–H and O–H groups in total. The van der Waals surface area contributed by atoms with Gasteiger partial charge in [-0.2, -0.15) is 0 Å². The molecule has 0 spiro atoms. The molecule has 0 saturated carbocycles. The first-order valence-corrected chi connectivity index (χ1v) is 9.45. The van der Waals surface area contributed by atoms with Crippen molar-refractivity contribution in [2.45, 2.75) is 6.92 Å². The summed E-state index contributed by atoms with van der Waals surface area (Å²) in [4.78, 5) is 18.8. The average molecular weight is 422 g/mol. The lowest BCUT2D eigenvalue weighted by molar-refractivity contribution is 0.511. The second kappa shape index (κ2) is 6.06. The number of rotatable bonds is 2. The van der Waals surface area contributed by atoms with Crippen LogP contribution in [0.15, 0.2) is 57.2 Å². The fourth-order valence-corrected chi connectivity index (χ4v) is 4.16. The molecule has 3 aromatic rings. The van der Waals surface area contributed by atoms with Crippen molar-refractivity contribution in [3.8, 4) is 0 Å². The van der Waals surface area contributed by atoms with Gasteiger partial charge in [0, 0.05) is 28.2 Å². The van der Waals surface area contributed by atoms with E-state index in [1.54, 1.807) is 12.4 Å². The lowest BCUT2D eigenvalue weighted by Crippen LogP contribution is -2.36. The lowest BCUT2D eigenvalue weighted by Gasteiger charge is -2.27. The quantitative estimate of drug-likeness (QED) is 0.604. The monoisotopic (exact) mass is 421 g/mol. The van der Waals surface area contributed by atoms with Crippen molar-refractivity contribution in [3.05, 3.63) is 63.9 Å². The molecular weight excluding hydrogens is 406 g/mol. The minimum absolute atomic E-state index is 0.150. The van der Waals surface area contributed by atoms with Gasteiger partial charge in [0.2, 0.25) is 0 Å². The first kappa shape index (κ1) is 16.3. The van der Waals surface area contributed by atoms with E-state index in [1.165, 1.54) is 0 Å². The summed E-state index contributed by atoms with van der Waals surface area (Å²) in [7, 11) is 0. The van der Waals surface area contributed by atoms with Gasteiger partial charge in [0.05, 0.1) is 29.6 Å². The molecule has 0 saturated heterocycles. The van der Waals surface area contributed by atoms with Crippen molar-refractivity contribution in [2.75, 3.05) is 13.1 Å². The molecule has 2 aliphatic heterocycles. The third kappa shape index (κ3) is 2.66. The molecule has 0 amide bonds. The van der Waals surface area contributed by atoms with E-state index in [0.717, 1.165) is 44.7 Å². The van der Waals surface area contributed by atoms with Crippen LogP contribution in [0, 0.1) is 6.92 Å². The average Bonchev–Trinajstić information content (AvgIpc) is 3.31. The summed E-state index contributed by atoms with van der Waals surface area (Å²) in [6.07, 6.45) is 3.34. The summed E-state index contributed by atoms with van der Waals surface area (Å²) in [6.45, 7) is 3.52. The Balaban J connectivity index is 1.62. The normalized spacial score (nSPS) is 16.2. The highest BCUT2D eigenvalue weighted by atomic mass is 79.9. The van der Waals surface area contributed by atoms with E-state index < -0.39 is 0 Å². The van der Waals surface area contributed by atoms with Crippen LogP contribution < -0.4 is 0 Å². The first-order valence-electron chi connectivity index (χ1n) is 8.65. The maximum Gasteiger partial charge on any atom is 0.138 e. The number of aryl methyl sites for hydroxylation is 1. The summed E-state index contributed by atoms with van der Waals surface area (Å²) in [5.74, 6) is 1.74. The first-order chi connectivity index (χ1) is 13.1. The zero-order valence-corrected chi connectivity index (χ0v) is 16.2. The number of amidine groups is 2. The van der Waals surface area contributed by atoms with Gasteiger partial charge in [0.25, 0.3) is 0 Å². The van der Waals surface area contributed by atoms with Gasteiger partial charge >= 0.3 is 0 Å². The van der Waals surface area contributed by atoms with E-state index in [-0.39, 0.29) is 5.76 Å². The molecule has 6 nitrogen and oxygen atoms in total. The molecule has 0 bridgehead atoms. The summed E-state index contributed by atoms with van der Waals surface area (Å²) >= 11 is 3.62. The van der Waals surface area contributed by atoms with Gasteiger partial charge in [-0.3, -0.25) is 4.99 Å². The third-order valence-electron chi connectivity index (χ3n) is 4.78. The van der Waals surface area contributed by atoms with Crippen LogP contribution in [0.3, 0.4) is 0 Å². The molecule has 1 aromatic heterocycles. The highest BCUT2D eigenvalue weighted by Crippen LogP contribution is 2.36. The molecule has 0 unspecified atom stereocenters. The largest absolute Gasteiger partial charge is 0.507 e. The van der Waals surface area contributed by atoms with Crippen LogP contribution in [-0.2, 0) is 0 Å². The van der Waals surface area contributed by atoms with E-state index in [0.29, 0.717) is 17.9 Å². The Kier molecular flexibility index (Phi) is 3.65. The second-order valence-corrected chi connectivity index (χ2v) is 7.49. The van der Waals surface area contributed by atoms with Gasteiger partial charge in [-0.15, -0.1) is 0 Å². The maximum absolute atomic E-state index is 10.7. The molecule has 134 valence electrons. The molecule has 27 heavy (non-hydrogen) atoms. The number of aromatic nitrogens is 2. The van der Waals surface area contributed by atoms with Crippen LogP contribution in [-0.4, -0.2) is 44.7 Å². The van der Waals surface area contributed by atoms with Crippen molar-refractivity contribution in [2.24, 2.45) is 9.98 Å². The van der Waals surface area contributed by atoms with Gasteiger partial charge in [-0.25, -0.2) is 9.98 Å².